The Hall–Kier alpha value is 0.380. The third-order valence-electron chi connectivity index (χ3n) is 3.82. The zero-order valence-corrected chi connectivity index (χ0v) is 16.6. The van der Waals surface area contributed by atoms with E-state index in [0.717, 1.165) is 0 Å². The van der Waals surface area contributed by atoms with E-state index in [1.165, 1.54) is 62.8 Å². The van der Waals surface area contributed by atoms with Gasteiger partial charge in [0.15, 0.2) is 0 Å². The van der Waals surface area contributed by atoms with Crippen molar-refractivity contribution in [2.75, 3.05) is 19.5 Å². The van der Waals surface area contributed by atoms with Gasteiger partial charge in [0.2, 0.25) is 0 Å². The molecule has 0 aliphatic heterocycles. The van der Waals surface area contributed by atoms with Gasteiger partial charge in [0.25, 0.3) is 0 Å². The number of benzene rings is 1. The van der Waals surface area contributed by atoms with Gasteiger partial charge in [-0.25, -0.2) is 0 Å². The number of hydrogen-bond acceptors (Lipinski definition) is 0. The van der Waals surface area contributed by atoms with E-state index < -0.39 is 7.26 Å². The highest BCUT2D eigenvalue weighted by atomic mass is 127. The van der Waals surface area contributed by atoms with Crippen LogP contribution in [0, 0.1) is 0 Å². The first-order valence-corrected chi connectivity index (χ1v) is 11.1. The molecule has 0 bridgehead atoms. The van der Waals surface area contributed by atoms with Crippen LogP contribution in [0.25, 0.3) is 0 Å². The molecule has 0 spiro atoms. The largest absolute Gasteiger partial charge is 1.00 e. The lowest BCUT2D eigenvalue weighted by Gasteiger charge is -2.18. The zero-order valence-electron chi connectivity index (χ0n) is 13.6. The van der Waals surface area contributed by atoms with E-state index in [2.05, 4.69) is 50.6 Å². The van der Waals surface area contributed by atoms with E-state index in [-0.39, 0.29) is 24.0 Å². The summed E-state index contributed by atoms with van der Waals surface area (Å²) in [4.78, 5) is 0. The van der Waals surface area contributed by atoms with Crippen LogP contribution in [0.2, 0.25) is 0 Å². The topological polar surface area (TPSA) is 0 Å². The second kappa shape index (κ2) is 12.0. The Morgan fingerprint density at radius 2 is 1.35 bits per heavy atom. The quantitative estimate of drug-likeness (QED) is 0.318. The van der Waals surface area contributed by atoms with E-state index in [9.17, 15) is 0 Å². The predicted molar refractivity (Wildman–Crippen MR) is 91.8 cm³/mol. The average Bonchev–Trinajstić information content (AvgIpc) is 2.38. The highest BCUT2D eigenvalue weighted by Crippen LogP contribution is 2.54. The van der Waals surface area contributed by atoms with Crippen LogP contribution in [-0.4, -0.2) is 19.5 Å². The molecule has 0 amide bonds. The lowest BCUT2D eigenvalue weighted by molar-refractivity contribution is -0.00000436. The lowest BCUT2D eigenvalue weighted by atomic mass is 10.1. The fraction of sp³-hybridized carbons (Fsp3) is 0.667. The summed E-state index contributed by atoms with van der Waals surface area (Å²) in [6, 6.07) is 11.0. The number of rotatable bonds is 10. The summed E-state index contributed by atoms with van der Waals surface area (Å²) >= 11 is 0. The van der Waals surface area contributed by atoms with Crippen LogP contribution in [0.5, 0.6) is 0 Å². The number of hydrogen-bond donors (Lipinski definition) is 0. The minimum Gasteiger partial charge on any atom is -1.00 e. The van der Waals surface area contributed by atoms with Gasteiger partial charge in [-0.3, -0.25) is 0 Å². The summed E-state index contributed by atoms with van der Waals surface area (Å²) in [7, 11) is -0.726. The second-order valence-corrected chi connectivity index (χ2v) is 11.1. The molecule has 1 aromatic carbocycles. The molecule has 0 aliphatic rings. The Bertz CT molecular complexity index is 321. The number of halogens is 1. The van der Waals surface area contributed by atoms with Gasteiger partial charge in [-0.1, -0.05) is 69.4 Å². The summed E-state index contributed by atoms with van der Waals surface area (Å²) < 4.78 is 0. The molecule has 0 fully saturated rings. The van der Waals surface area contributed by atoms with Crippen molar-refractivity contribution in [1.82, 2.24) is 0 Å². The third kappa shape index (κ3) is 10.2. The fourth-order valence-corrected chi connectivity index (χ4v) is 5.09. The molecule has 20 heavy (non-hydrogen) atoms. The van der Waals surface area contributed by atoms with Gasteiger partial charge in [-0.2, -0.15) is 0 Å². The molecule has 0 heterocycles. The van der Waals surface area contributed by atoms with Crippen molar-refractivity contribution >= 4 is 7.26 Å². The summed E-state index contributed by atoms with van der Waals surface area (Å²) in [6.45, 7) is 7.34. The van der Waals surface area contributed by atoms with Crippen LogP contribution in [0.1, 0.15) is 57.4 Å². The molecular weight excluding hydrogens is 374 g/mol. The van der Waals surface area contributed by atoms with Gasteiger partial charge < -0.3 is 24.0 Å². The Kier molecular flexibility index (Phi) is 12.2. The molecule has 0 saturated heterocycles. The smallest absolute Gasteiger partial charge is 0.0837 e. The Morgan fingerprint density at radius 3 is 1.95 bits per heavy atom. The minimum absolute atomic E-state index is 0. The summed E-state index contributed by atoms with van der Waals surface area (Å²) in [5.41, 5.74) is 1.53. The van der Waals surface area contributed by atoms with E-state index in [0.29, 0.717) is 0 Å². The van der Waals surface area contributed by atoms with Crippen molar-refractivity contribution in [3.05, 3.63) is 35.9 Å². The molecule has 0 aromatic heterocycles. The van der Waals surface area contributed by atoms with E-state index in [1.807, 2.05) is 0 Å². The Balaban J connectivity index is 0.00000361. The first-order chi connectivity index (χ1) is 9.14. The molecule has 0 saturated carbocycles. The average molecular weight is 406 g/mol. The maximum atomic E-state index is 2.52. The van der Waals surface area contributed by atoms with Crippen molar-refractivity contribution in [2.24, 2.45) is 0 Å². The van der Waals surface area contributed by atoms with Crippen LogP contribution in [0.15, 0.2) is 30.3 Å². The van der Waals surface area contributed by atoms with Crippen molar-refractivity contribution in [3.8, 4) is 0 Å². The fourth-order valence-electron chi connectivity index (χ4n) is 2.65. The van der Waals surface area contributed by atoms with Crippen LogP contribution in [0.3, 0.4) is 0 Å². The first kappa shape index (κ1) is 20.4. The molecule has 0 aliphatic carbocycles. The Morgan fingerprint density at radius 1 is 0.800 bits per heavy atom. The van der Waals surface area contributed by atoms with Crippen molar-refractivity contribution in [2.45, 2.75) is 58.0 Å². The summed E-state index contributed by atoms with van der Waals surface area (Å²) in [5.74, 6) is 0. The molecule has 116 valence electrons. The van der Waals surface area contributed by atoms with Crippen LogP contribution in [0.4, 0.5) is 0 Å². The monoisotopic (exact) mass is 406 g/mol. The van der Waals surface area contributed by atoms with Gasteiger partial charge in [-0.15, -0.1) is 0 Å². The van der Waals surface area contributed by atoms with Gasteiger partial charge in [0, 0.05) is 20.6 Å². The van der Waals surface area contributed by atoms with E-state index >= 15 is 0 Å². The van der Waals surface area contributed by atoms with Gasteiger partial charge in [-0.05, 0) is 18.4 Å². The molecular formula is C18H32IP. The first-order valence-electron chi connectivity index (χ1n) is 8.00. The Labute approximate surface area is 144 Å². The van der Waals surface area contributed by atoms with E-state index in [1.54, 1.807) is 0 Å². The maximum Gasteiger partial charge on any atom is 0.0837 e. The summed E-state index contributed by atoms with van der Waals surface area (Å²) in [6.07, 6.45) is 12.8. The molecule has 2 heteroatoms. The second-order valence-electron chi connectivity index (χ2n) is 6.42. The normalized spacial score (nSPS) is 11.2. The predicted octanol–water partition coefficient (Wildman–Crippen LogP) is 3.22. The van der Waals surface area contributed by atoms with Crippen LogP contribution < -0.4 is 24.0 Å². The molecule has 0 unspecified atom stereocenters. The highest BCUT2D eigenvalue weighted by Gasteiger charge is 2.24. The van der Waals surface area contributed by atoms with Crippen LogP contribution in [-0.2, 0) is 6.16 Å². The SMILES string of the molecule is CCCCCCCCC[P+](C)(C)Cc1ccccc1.[I-]. The molecule has 1 rings (SSSR count). The highest BCUT2D eigenvalue weighted by molar-refractivity contribution is 7.73. The number of unbranched alkanes of at least 4 members (excludes halogenated alkanes) is 6. The third-order valence-corrected chi connectivity index (χ3v) is 6.57. The van der Waals surface area contributed by atoms with Crippen molar-refractivity contribution in [1.29, 1.82) is 0 Å². The van der Waals surface area contributed by atoms with Crippen molar-refractivity contribution < 1.29 is 24.0 Å². The minimum atomic E-state index is -0.726. The zero-order chi connectivity index (χ0) is 14.0. The maximum absolute atomic E-state index is 2.52. The molecule has 1 aromatic rings. The standard InChI is InChI=1S/C18H32P.HI/c1-4-5-6-7-8-9-13-16-19(2,3)17-18-14-11-10-12-15-18;/h10-12,14-15H,4-9,13,16-17H2,1-3H3;1H/q+1;/p-1. The van der Waals surface area contributed by atoms with Crippen LogP contribution >= 0.6 is 7.26 Å². The van der Waals surface area contributed by atoms with Gasteiger partial charge >= 0.3 is 0 Å². The lowest BCUT2D eigenvalue weighted by Crippen LogP contribution is -3.00. The van der Waals surface area contributed by atoms with Gasteiger partial charge in [0.05, 0.1) is 12.3 Å². The summed E-state index contributed by atoms with van der Waals surface area (Å²) in [5, 5.41) is 0. The van der Waals surface area contributed by atoms with Gasteiger partial charge in [0.1, 0.15) is 0 Å². The molecule has 0 atom stereocenters. The van der Waals surface area contributed by atoms with E-state index in [4.69, 9.17) is 0 Å². The molecule has 0 nitrogen and oxygen atoms in total. The molecule has 0 radical (unpaired) electrons. The van der Waals surface area contributed by atoms with Crippen molar-refractivity contribution in [3.63, 3.8) is 0 Å². The molecule has 0 N–H and O–H groups in total.